The summed E-state index contributed by atoms with van der Waals surface area (Å²) in [5.74, 6) is -0.504. The Bertz CT molecular complexity index is 548. The number of halogens is 1. The first-order valence-electron chi connectivity index (χ1n) is 7.99. The minimum absolute atomic E-state index is 0.132. The third-order valence-electron chi connectivity index (χ3n) is 3.61. The molecule has 0 saturated carbocycles. The van der Waals surface area contributed by atoms with E-state index in [-0.39, 0.29) is 24.5 Å². The fraction of sp³-hybridized carbons (Fsp3) is 0.625. The van der Waals surface area contributed by atoms with Crippen LogP contribution in [0, 0.1) is 5.82 Å². The SMILES string of the molecule is CCN(CC)CCOCCNS(=O)(=O)CCc1ccccc1F. The van der Waals surface area contributed by atoms with Crippen molar-refractivity contribution in [2.45, 2.75) is 20.3 Å². The molecule has 0 aromatic heterocycles. The van der Waals surface area contributed by atoms with E-state index >= 15 is 0 Å². The molecule has 0 aliphatic rings. The predicted octanol–water partition coefficient (Wildman–Crippen LogP) is 1.65. The summed E-state index contributed by atoms with van der Waals surface area (Å²) in [6, 6.07) is 6.21. The molecular weight excluding hydrogens is 319 g/mol. The number of sulfonamides is 1. The standard InChI is InChI=1S/C16H27FN2O3S/c1-3-19(4-2)11-13-22-12-10-18-23(20,21)14-9-15-7-5-6-8-16(15)17/h5-8,18H,3-4,9-14H2,1-2H3. The molecule has 7 heteroatoms. The average Bonchev–Trinajstić information content (AvgIpc) is 2.53. The van der Waals surface area contributed by atoms with Gasteiger partial charge < -0.3 is 9.64 Å². The van der Waals surface area contributed by atoms with Gasteiger partial charge in [0, 0.05) is 13.1 Å². The zero-order chi connectivity index (χ0) is 17.1. The number of benzene rings is 1. The second-order valence-corrected chi connectivity index (χ2v) is 7.12. The second-order valence-electron chi connectivity index (χ2n) is 5.19. The molecule has 0 amide bonds. The topological polar surface area (TPSA) is 58.6 Å². The Hall–Kier alpha value is -1.02. The lowest BCUT2D eigenvalue weighted by molar-refractivity contribution is 0.111. The van der Waals surface area contributed by atoms with Gasteiger partial charge in [0.2, 0.25) is 10.0 Å². The molecule has 1 aromatic carbocycles. The fourth-order valence-electron chi connectivity index (χ4n) is 2.12. The molecule has 0 aliphatic heterocycles. The molecule has 0 fully saturated rings. The number of aryl methyl sites for hydroxylation is 1. The Balaban J connectivity index is 2.19. The van der Waals surface area contributed by atoms with Crippen LogP contribution in [0.5, 0.6) is 0 Å². The molecule has 1 aromatic rings. The highest BCUT2D eigenvalue weighted by molar-refractivity contribution is 7.89. The van der Waals surface area contributed by atoms with Gasteiger partial charge in [0.1, 0.15) is 5.82 Å². The summed E-state index contributed by atoms with van der Waals surface area (Å²) < 4.78 is 45.0. The monoisotopic (exact) mass is 346 g/mol. The minimum Gasteiger partial charge on any atom is -0.379 e. The van der Waals surface area contributed by atoms with Crippen LogP contribution < -0.4 is 4.72 Å². The largest absolute Gasteiger partial charge is 0.379 e. The lowest BCUT2D eigenvalue weighted by Crippen LogP contribution is -2.32. The van der Waals surface area contributed by atoms with Gasteiger partial charge in [-0.25, -0.2) is 17.5 Å². The van der Waals surface area contributed by atoms with E-state index in [4.69, 9.17) is 4.74 Å². The molecule has 0 heterocycles. The Morgan fingerprint density at radius 2 is 1.87 bits per heavy atom. The summed E-state index contributed by atoms with van der Waals surface area (Å²) in [6.45, 7) is 8.12. The van der Waals surface area contributed by atoms with Gasteiger partial charge in [-0.15, -0.1) is 0 Å². The number of hydrogen-bond donors (Lipinski definition) is 1. The van der Waals surface area contributed by atoms with Crippen LogP contribution in [0.15, 0.2) is 24.3 Å². The third kappa shape index (κ3) is 8.41. The van der Waals surface area contributed by atoms with Crippen molar-refractivity contribution >= 4 is 10.0 Å². The molecule has 0 radical (unpaired) electrons. The highest BCUT2D eigenvalue weighted by Gasteiger charge is 2.11. The van der Waals surface area contributed by atoms with Crippen molar-refractivity contribution in [1.82, 2.24) is 9.62 Å². The van der Waals surface area contributed by atoms with Gasteiger partial charge >= 0.3 is 0 Å². The number of rotatable bonds is 12. The third-order valence-corrected chi connectivity index (χ3v) is 5.00. The number of ether oxygens (including phenoxy) is 1. The predicted molar refractivity (Wildman–Crippen MR) is 90.5 cm³/mol. The smallest absolute Gasteiger partial charge is 0.212 e. The lowest BCUT2D eigenvalue weighted by Gasteiger charge is -2.17. The highest BCUT2D eigenvalue weighted by Crippen LogP contribution is 2.07. The first-order chi connectivity index (χ1) is 11.0. The Kier molecular flexibility index (Phi) is 9.31. The van der Waals surface area contributed by atoms with Gasteiger partial charge in [0.15, 0.2) is 0 Å². The van der Waals surface area contributed by atoms with Gasteiger partial charge in [0.25, 0.3) is 0 Å². The van der Waals surface area contributed by atoms with Gasteiger partial charge in [-0.1, -0.05) is 32.0 Å². The van der Waals surface area contributed by atoms with Crippen molar-refractivity contribution in [2.24, 2.45) is 0 Å². The summed E-state index contributed by atoms with van der Waals surface area (Å²) in [5.41, 5.74) is 0.411. The van der Waals surface area contributed by atoms with Crippen molar-refractivity contribution in [3.05, 3.63) is 35.6 Å². The summed E-state index contributed by atoms with van der Waals surface area (Å²) >= 11 is 0. The van der Waals surface area contributed by atoms with Gasteiger partial charge in [-0.05, 0) is 31.1 Å². The Labute approximate surface area is 138 Å². The van der Waals surface area contributed by atoms with Gasteiger partial charge in [-0.3, -0.25) is 0 Å². The zero-order valence-electron chi connectivity index (χ0n) is 13.9. The maximum absolute atomic E-state index is 13.4. The molecule has 0 unspecified atom stereocenters. The van der Waals surface area contributed by atoms with E-state index in [9.17, 15) is 12.8 Å². The van der Waals surface area contributed by atoms with Crippen molar-refractivity contribution in [2.75, 3.05) is 45.1 Å². The average molecular weight is 346 g/mol. The number of likely N-dealkylation sites (N-methyl/N-ethyl adjacent to an activating group) is 1. The maximum Gasteiger partial charge on any atom is 0.212 e. The van der Waals surface area contributed by atoms with Crippen LogP contribution in [-0.2, 0) is 21.2 Å². The first-order valence-corrected chi connectivity index (χ1v) is 9.64. The van der Waals surface area contributed by atoms with E-state index in [0.717, 1.165) is 19.6 Å². The molecule has 0 spiro atoms. The summed E-state index contributed by atoms with van der Waals surface area (Å²) in [5, 5.41) is 0. The summed E-state index contributed by atoms with van der Waals surface area (Å²) in [4.78, 5) is 2.23. The van der Waals surface area contributed by atoms with E-state index in [2.05, 4.69) is 23.5 Å². The van der Waals surface area contributed by atoms with Crippen LogP contribution in [0.2, 0.25) is 0 Å². The quantitative estimate of drug-likeness (QED) is 0.585. The van der Waals surface area contributed by atoms with E-state index in [0.29, 0.717) is 18.8 Å². The molecule has 0 aliphatic carbocycles. The van der Waals surface area contributed by atoms with Gasteiger partial charge in [-0.2, -0.15) is 0 Å². The molecule has 1 N–H and O–H groups in total. The van der Waals surface area contributed by atoms with Crippen LogP contribution in [0.1, 0.15) is 19.4 Å². The van der Waals surface area contributed by atoms with Gasteiger partial charge in [0.05, 0.1) is 19.0 Å². The molecule has 23 heavy (non-hydrogen) atoms. The number of nitrogens with one attached hydrogen (secondary N) is 1. The van der Waals surface area contributed by atoms with Crippen molar-refractivity contribution < 1.29 is 17.5 Å². The van der Waals surface area contributed by atoms with E-state index < -0.39 is 10.0 Å². The molecule has 0 atom stereocenters. The molecule has 0 bridgehead atoms. The van der Waals surface area contributed by atoms with E-state index in [1.165, 1.54) is 6.07 Å². The van der Waals surface area contributed by atoms with Crippen molar-refractivity contribution in [3.8, 4) is 0 Å². The van der Waals surface area contributed by atoms with Crippen LogP contribution in [0.4, 0.5) is 4.39 Å². The molecule has 0 saturated heterocycles. The summed E-state index contributed by atoms with van der Waals surface area (Å²) in [7, 11) is -3.42. The molecular formula is C16H27FN2O3S. The first kappa shape index (κ1) is 20.0. The number of nitrogens with zero attached hydrogens (tertiary/aromatic N) is 1. The lowest BCUT2D eigenvalue weighted by atomic mass is 10.2. The van der Waals surface area contributed by atoms with Crippen LogP contribution in [0.3, 0.4) is 0 Å². The molecule has 132 valence electrons. The minimum atomic E-state index is -3.42. The highest BCUT2D eigenvalue weighted by atomic mass is 32.2. The normalized spacial score (nSPS) is 12.0. The van der Waals surface area contributed by atoms with Crippen LogP contribution >= 0.6 is 0 Å². The Morgan fingerprint density at radius 3 is 2.52 bits per heavy atom. The molecule has 5 nitrogen and oxygen atoms in total. The molecule has 1 rings (SSSR count). The van der Waals surface area contributed by atoms with Crippen LogP contribution in [-0.4, -0.2) is 58.5 Å². The number of hydrogen-bond acceptors (Lipinski definition) is 4. The second kappa shape index (κ2) is 10.7. The fourth-order valence-corrected chi connectivity index (χ4v) is 3.15. The summed E-state index contributed by atoms with van der Waals surface area (Å²) in [6.07, 6.45) is 0.158. The van der Waals surface area contributed by atoms with Crippen molar-refractivity contribution in [1.29, 1.82) is 0 Å². The zero-order valence-corrected chi connectivity index (χ0v) is 14.7. The maximum atomic E-state index is 13.4. The van der Waals surface area contributed by atoms with Crippen LogP contribution in [0.25, 0.3) is 0 Å². The van der Waals surface area contributed by atoms with E-state index in [1.807, 2.05) is 0 Å². The van der Waals surface area contributed by atoms with Crippen molar-refractivity contribution in [3.63, 3.8) is 0 Å². The Morgan fingerprint density at radius 1 is 1.17 bits per heavy atom. The van der Waals surface area contributed by atoms with E-state index in [1.54, 1.807) is 18.2 Å².